The smallest absolute Gasteiger partial charge is 0.332 e. The molecule has 2 heterocycles. The first-order valence-electron chi connectivity index (χ1n) is 9.27. The zero-order valence-corrected chi connectivity index (χ0v) is 17.8. The summed E-state index contributed by atoms with van der Waals surface area (Å²) in [5, 5.41) is 10.9. The maximum atomic E-state index is 12.5. The van der Waals surface area contributed by atoms with Crippen LogP contribution >= 0.6 is 0 Å². The summed E-state index contributed by atoms with van der Waals surface area (Å²) in [4.78, 5) is 32.3. The first-order chi connectivity index (χ1) is 12.7. The van der Waals surface area contributed by atoms with E-state index in [-0.39, 0.29) is 22.1 Å². The van der Waals surface area contributed by atoms with Crippen molar-refractivity contribution in [3.63, 3.8) is 0 Å². The zero-order chi connectivity index (χ0) is 21.2. The molecule has 7 nitrogen and oxygen atoms in total. The van der Waals surface area contributed by atoms with E-state index in [2.05, 4.69) is 9.97 Å². The topological polar surface area (TPSA) is 92.9 Å². The second-order valence-corrected chi connectivity index (χ2v) is 9.41. The Morgan fingerprint density at radius 3 is 1.89 bits per heavy atom. The third-order valence-electron chi connectivity index (χ3n) is 5.09. The highest BCUT2D eigenvalue weighted by atomic mass is 16.3. The number of hydrogen-bond acceptors (Lipinski definition) is 4. The summed E-state index contributed by atoms with van der Waals surface area (Å²) < 4.78 is 2.41. The second-order valence-electron chi connectivity index (χ2n) is 9.41. The fourth-order valence-electron chi connectivity index (χ4n) is 3.38. The van der Waals surface area contributed by atoms with Gasteiger partial charge in [0.25, 0.3) is 5.56 Å². The summed E-state index contributed by atoms with van der Waals surface area (Å²) in [7, 11) is 3.04. The lowest BCUT2D eigenvalue weighted by molar-refractivity contribution is 0.423. The molecule has 3 rings (SSSR count). The molecule has 28 heavy (non-hydrogen) atoms. The Balaban J connectivity index is 2.39. The molecule has 0 aliphatic heterocycles. The monoisotopic (exact) mass is 384 g/mol. The van der Waals surface area contributed by atoms with Crippen molar-refractivity contribution in [1.82, 2.24) is 19.1 Å². The molecule has 0 atom stereocenters. The number of rotatable bonds is 1. The van der Waals surface area contributed by atoms with Gasteiger partial charge < -0.3 is 10.1 Å². The molecule has 1 aromatic carbocycles. The van der Waals surface area contributed by atoms with Gasteiger partial charge in [-0.25, -0.2) is 9.78 Å². The Morgan fingerprint density at radius 2 is 1.43 bits per heavy atom. The first kappa shape index (κ1) is 19.9. The van der Waals surface area contributed by atoms with Gasteiger partial charge in [0, 0.05) is 30.8 Å². The number of benzene rings is 1. The summed E-state index contributed by atoms with van der Waals surface area (Å²) in [6.45, 7) is 12.2. The number of aromatic hydroxyl groups is 1. The fraction of sp³-hybridized carbons (Fsp3) is 0.476. The normalized spacial score (nSPS) is 12.7. The van der Waals surface area contributed by atoms with Crippen LogP contribution in [0, 0.1) is 0 Å². The number of imidazole rings is 1. The lowest BCUT2D eigenvalue weighted by atomic mass is 9.78. The Bertz CT molecular complexity index is 1160. The van der Waals surface area contributed by atoms with Gasteiger partial charge in [0.2, 0.25) is 0 Å². The highest BCUT2D eigenvalue weighted by Crippen LogP contribution is 2.41. The number of aryl methyl sites for hydroxylation is 1. The van der Waals surface area contributed by atoms with E-state index in [0.29, 0.717) is 11.5 Å². The van der Waals surface area contributed by atoms with Crippen molar-refractivity contribution in [1.29, 1.82) is 0 Å². The van der Waals surface area contributed by atoms with Crippen LogP contribution in [0.15, 0.2) is 21.7 Å². The van der Waals surface area contributed by atoms with Crippen molar-refractivity contribution in [2.45, 2.75) is 52.4 Å². The Hall–Kier alpha value is -2.83. The van der Waals surface area contributed by atoms with Crippen LogP contribution in [0.5, 0.6) is 5.75 Å². The molecule has 0 spiro atoms. The summed E-state index contributed by atoms with van der Waals surface area (Å²) in [5.74, 6) is 0.771. The molecule has 2 N–H and O–H groups in total. The van der Waals surface area contributed by atoms with E-state index >= 15 is 0 Å². The van der Waals surface area contributed by atoms with Crippen LogP contribution < -0.4 is 11.2 Å². The highest BCUT2D eigenvalue weighted by molar-refractivity contribution is 5.76. The third kappa shape index (κ3) is 3.04. The Morgan fingerprint density at radius 1 is 0.929 bits per heavy atom. The quantitative estimate of drug-likeness (QED) is 0.675. The number of fused-ring (bicyclic) bond motifs is 1. The first-order valence-corrected chi connectivity index (χ1v) is 9.27. The van der Waals surface area contributed by atoms with E-state index < -0.39 is 11.2 Å². The predicted molar refractivity (Wildman–Crippen MR) is 111 cm³/mol. The summed E-state index contributed by atoms with van der Waals surface area (Å²) in [6, 6.07) is 3.79. The number of phenols is 1. The van der Waals surface area contributed by atoms with Crippen LogP contribution in [0.2, 0.25) is 0 Å². The molecule has 0 amide bonds. The van der Waals surface area contributed by atoms with Crippen LogP contribution in [0.1, 0.15) is 52.7 Å². The van der Waals surface area contributed by atoms with Gasteiger partial charge in [-0.05, 0) is 23.0 Å². The Labute approximate surface area is 163 Å². The minimum absolute atomic E-state index is 0.280. The van der Waals surface area contributed by atoms with E-state index in [1.54, 1.807) is 7.05 Å². The predicted octanol–water partition coefficient (Wildman–Crippen LogP) is 2.93. The molecule has 0 bridgehead atoms. The minimum atomic E-state index is -0.424. The van der Waals surface area contributed by atoms with Gasteiger partial charge in [-0.2, -0.15) is 0 Å². The largest absolute Gasteiger partial charge is 0.507 e. The van der Waals surface area contributed by atoms with Crippen LogP contribution in [0.3, 0.4) is 0 Å². The minimum Gasteiger partial charge on any atom is -0.507 e. The number of aromatic nitrogens is 4. The molecule has 0 saturated heterocycles. The number of phenolic OH excluding ortho intramolecular Hbond substituents is 1. The maximum Gasteiger partial charge on any atom is 0.332 e. The highest BCUT2D eigenvalue weighted by Gasteiger charge is 2.27. The molecular weight excluding hydrogens is 356 g/mol. The summed E-state index contributed by atoms with van der Waals surface area (Å²) >= 11 is 0. The molecule has 0 fully saturated rings. The number of hydrogen-bond donors (Lipinski definition) is 2. The van der Waals surface area contributed by atoms with Crippen LogP contribution in [-0.2, 0) is 24.9 Å². The van der Waals surface area contributed by atoms with Crippen molar-refractivity contribution in [3.8, 4) is 17.1 Å². The lowest BCUT2D eigenvalue weighted by Crippen LogP contribution is -2.36. The van der Waals surface area contributed by atoms with Gasteiger partial charge in [0.1, 0.15) is 17.1 Å². The molecule has 0 aliphatic rings. The van der Waals surface area contributed by atoms with Gasteiger partial charge >= 0.3 is 5.69 Å². The van der Waals surface area contributed by atoms with Crippen molar-refractivity contribution in [2.24, 2.45) is 14.1 Å². The third-order valence-corrected chi connectivity index (χ3v) is 5.09. The molecule has 0 saturated carbocycles. The van der Waals surface area contributed by atoms with E-state index in [9.17, 15) is 14.7 Å². The molecule has 7 heteroatoms. The van der Waals surface area contributed by atoms with Crippen molar-refractivity contribution < 1.29 is 5.11 Å². The van der Waals surface area contributed by atoms with Crippen molar-refractivity contribution in [2.75, 3.05) is 0 Å². The number of nitrogens with one attached hydrogen (secondary N) is 1. The molecule has 0 unspecified atom stereocenters. The molecule has 0 aliphatic carbocycles. The second kappa shape index (κ2) is 6.09. The van der Waals surface area contributed by atoms with Crippen molar-refractivity contribution in [3.05, 3.63) is 44.1 Å². The molecular formula is C21H28N4O3. The summed E-state index contributed by atoms with van der Waals surface area (Å²) in [6.07, 6.45) is 0. The molecule has 150 valence electrons. The summed E-state index contributed by atoms with van der Waals surface area (Å²) in [5.41, 5.74) is 1.56. The number of nitrogens with zero attached hydrogens (tertiary/aromatic N) is 3. The molecule has 0 radical (unpaired) electrons. The average molecular weight is 384 g/mol. The van der Waals surface area contributed by atoms with Gasteiger partial charge in [0.15, 0.2) is 5.65 Å². The fourth-order valence-corrected chi connectivity index (χ4v) is 3.38. The lowest BCUT2D eigenvalue weighted by Gasteiger charge is -2.28. The van der Waals surface area contributed by atoms with E-state index in [4.69, 9.17) is 0 Å². The number of aromatic amines is 1. The van der Waals surface area contributed by atoms with Gasteiger partial charge in [-0.1, -0.05) is 41.5 Å². The van der Waals surface area contributed by atoms with Gasteiger partial charge in [-0.15, -0.1) is 0 Å². The zero-order valence-electron chi connectivity index (χ0n) is 17.8. The van der Waals surface area contributed by atoms with Crippen molar-refractivity contribution >= 4 is 11.2 Å². The SMILES string of the molecule is Cn1c(=O)c2[nH]c(-c3cc(C(C)(C)C)c(O)c(C(C)(C)C)c3)nc2n(C)c1=O. The maximum absolute atomic E-state index is 12.5. The molecule has 2 aromatic heterocycles. The number of H-pyrrole nitrogens is 1. The van der Waals surface area contributed by atoms with E-state index in [1.165, 1.54) is 11.6 Å². The van der Waals surface area contributed by atoms with E-state index in [1.807, 2.05) is 53.7 Å². The van der Waals surface area contributed by atoms with Crippen LogP contribution in [0.4, 0.5) is 0 Å². The van der Waals surface area contributed by atoms with Gasteiger partial charge in [0.05, 0.1) is 0 Å². The van der Waals surface area contributed by atoms with Gasteiger partial charge in [-0.3, -0.25) is 13.9 Å². The standard InChI is InChI=1S/C21H28N4O3/c1-20(2,3)12-9-11(10-13(15(12)26)21(4,5)6)16-22-14-17(23-16)24(7)19(28)25(8)18(14)27/h9-10,26H,1-8H3,(H,22,23). The van der Waals surface area contributed by atoms with E-state index in [0.717, 1.165) is 21.3 Å². The average Bonchev–Trinajstić information content (AvgIpc) is 3.01. The van der Waals surface area contributed by atoms with Crippen LogP contribution in [-0.4, -0.2) is 24.2 Å². The Kier molecular flexibility index (Phi) is 4.33. The van der Waals surface area contributed by atoms with Crippen LogP contribution in [0.25, 0.3) is 22.6 Å². The molecule has 3 aromatic rings.